The number of carbonyl (C=O) groups excluding carboxylic acids is 2. The van der Waals surface area contributed by atoms with Gasteiger partial charge in [-0.15, -0.1) is 0 Å². The summed E-state index contributed by atoms with van der Waals surface area (Å²) in [6.45, 7) is 3.67. The fourth-order valence-electron chi connectivity index (χ4n) is 2.48. The number of nitrogens with zero attached hydrogens (tertiary/aromatic N) is 1. The van der Waals surface area contributed by atoms with Gasteiger partial charge in [-0.05, 0) is 18.3 Å². The molecule has 0 aliphatic carbocycles. The molecule has 108 valence electrons. The molecule has 1 unspecified atom stereocenters. The zero-order valence-electron chi connectivity index (χ0n) is 11.3. The minimum atomic E-state index is -1.01. The Morgan fingerprint density at radius 1 is 1.42 bits per heavy atom. The normalized spacial score (nSPS) is 21.8. The maximum Gasteiger partial charge on any atom is 0.326 e. The first kappa shape index (κ1) is 15.4. The van der Waals surface area contributed by atoms with Crippen molar-refractivity contribution in [3.63, 3.8) is 0 Å². The van der Waals surface area contributed by atoms with Gasteiger partial charge < -0.3 is 21.1 Å². The summed E-state index contributed by atoms with van der Waals surface area (Å²) >= 11 is 0. The lowest BCUT2D eigenvalue weighted by molar-refractivity contribution is -0.158. The second-order valence-electron chi connectivity index (χ2n) is 5.40. The second kappa shape index (κ2) is 6.01. The molecule has 0 saturated carbocycles. The summed E-state index contributed by atoms with van der Waals surface area (Å²) in [7, 11) is 0. The summed E-state index contributed by atoms with van der Waals surface area (Å²) in [6.07, 6.45) is 1.51. The lowest BCUT2D eigenvalue weighted by Gasteiger charge is -2.44. The van der Waals surface area contributed by atoms with Crippen LogP contribution in [0.25, 0.3) is 0 Å². The molecular formula is C12H21N3O4. The SMILES string of the molecule is CC1(C)CCCN(C(=O)CNC(=O)CN)C1C(=O)O. The number of likely N-dealkylation sites (tertiary alicyclic amines) is 1. The number of nitrogens with one attached hydrogen (secondary N) is 1. The topological polar surface area (TPSA) is 113 Å². The number of carboxylic acids is 1. The molecule has 1 saturated heterocycles. The van der Waals surface area contributed by atoms with Crippen LogP contribution in [0.15, 0.2) is 0 Å². The quantitative estimate of drug-likeness (QED) is 0.617. The van der Waals surface area contributed by atoms with Crippen LogP contribution in [0.1, 0.15) is 26.7 Å². The molecule has 7 heteroatoms. The standard InChI is InChI=1S/C12H21N3O4/c1-12(2)4-3-5-15(10(12)11(18)19)9(17)7-14-8(16)6-13/h10H,3-7,13H2,1-2H3,(H,14,16)(H,18,19). The zero-order valence-corrected chi connectivity index (χ0v) is 11.3. The van der Waals surface area contributed by atoms with Gasteiger partial charge in [0.25, 0.3) is 0 Å². The van der Waals surface area contributed by atoms with Gasteiger partial charge in [-0.1, -0.05) is 13.8 Å². The van der Waals surface area contributed by atoms with Gasteiger partial charge in [0.1, 0.15) is 6.04 Å². The largest absolute Gasteiger partial charge is 0.480 e. The first-order chi connectivity index (χ1) is 8.79. The Hall–Kier alpha value is -1.63. The molecule has 4 N–H and O–H groups in total. The summed E-state index contributed by atoms with van der Waals surface area (Å²) in [5.41, 5.74) is 4.65. The zero-order chi connectivity index (χ0) is 14.6. The highest BCUT2D eigenvalue weighted by Crippen LogP contribution is 2.35. The number of piperidine rings is 1. The molecule has 0 aromatic carbocycles. The summed E-state index contributed by atoms with van der Waals surface area (Å²) in [5.74, 6) is -1.83. The fraction of sp³-hybridized carbons (Fsp3) is 0.750. The van der Waals surface area contributed by atoms with E-state index in [1.807, 2.05) is 13.8 Å². The Kier molecular flexibility index (Phi) is 4.88. The van der Waals surface area contributed by atoms with Crippen LogP contribution < -0.4 is 11.1 Å². The van der Waals surface area contributed by atoms with E-state index in [4.69, 9.17) is 5.73 Å². The number of rotatable bonds is 4. The molecule has 1 atom stereocenters. The summed E-state index contributed by atoms with van der Waals surface area (Å²) in [4.78, 5) is 35.8. The smallest absolute Gasteiger partial charge is 0.326 e. The van der Waals surface area contributed by atoms with Gasteiger partial charge in [0, 0.05) is 6.54 Å². The van der Waals surface area contributed by atoms with Crippen molar-refractivity contribution in [1.29, 1.82) is 0 Å². The Balaban J connectivity index is 2.76. The summed E-state index contributed by atoms with van der Waals surface area (Å²) < 4.78 is 0. The van der Waals surface area contributed by atoms with E-state index in [2.05, 4.69) is 5.32 Å². The maximum atomic E-state index is 12.0. The molecule has 7 nitrogen and oxygen atoms in total. The Labute approximate surface area is 112 Å². The van der Waals surface area contributed by atoms with Crippen molar-refractivity contribution in [3.8, 4) is 0 Å². The van der Waals surface area contributed by atoms with Crippen LogP contribution in [0.5, 0.6) is 0 Å². The van der Waals surface area contributed by atoms with Crippen LogP contribution in [-0.4, -0.2) is 53.5 Å². The Morgan fingerprint density at radius 3 is 2.58 bits per heavy atom. The molecule has 0 radical (unpaired) electrons. The number of carbonyl (C=O) groups is 3. The maximum absolute atomic E-state index is 12.0. The molecule has 0 bridgehead atoms. The van der Waals surface area contributed by atoms with Crippen molar-refractivity contribution in [2.45, 2.75) is 32.7 Å². The molecule has 19 heavy (non-hydrogen) atoms. The lowest BCUT2D eigenvalue weighted by Crippen LogP contribution is -2.58. The predicted octanol–water partition coefficient (Wildman–Crippen LogP) is -0.837. The fourth-order valence-corrected chi connectivity index (χ4v) is 2.48. The first-order valence-corrected chi connectivity index (χ1v) is 6.28. The van der Waals surface area contributed by atoms with E-state index >= 15 is 0 Å². The van der Waals surface area contributed by atoms with E-state index in [1.165, 1.54) is 4.90 Å². The van der Waals surface area contributed by atoms with Gasteiger partial charge in [-0.25, -0.2) is 4.79 Å². The molecule has 0 spiro atoms. The average molecular weight is 271 g/mol. The third kappa shape index (κ3) is 3.66. The van der Waals surface area contributed by atoms with E-state index in [-0.39, 0.29) is 19.0 Å². The van der Waals surface area contributed by atoms with Crippen LogP contribution in [-0.2, 0) is 14.4 Å². The molecule has 0 aromatic heterocycles. The monoisotopic (exact) mass is 271 g/mol. The van der Waals surface area contributed by atoms with Gasteiger partial charge in [0.2, 0.25) is 11.8 Å². The van der Waals surface area contributed by atoms with Crippen LogP contribution >= 0.6 is 0 Å². The predicted molar refractivity (Wildman–Crippen MR) is 68.2 cm³/mol. The molecule has 2 amide bonds. The van der Waals surface area contributed by atoms with E-state index in [9.17, 15) is 19.5 Å². The van der Waals surface area contributed by atoms with Crippen LogP contribution in [0.3, 0.4) is 0 Å². The third-order valence-corrected chi connectivity index (χ3v) is 3.45. The number of aliphatic carboxylic acids is 1. The first-order valence-electron chi connectivity index (χ1n) is 6.28. The van der Waals surface area contributed by atoms with Crippen molar-refractivity contribution in [1.82, 2.24) is 10.2 Å². The molecule has 1 fully saturated rings. The van der Waals surface area contributed by atoms with E-state index in [0.29, 0.717) is 6.54 Å². The average Bonchev–Trinajstić information content (AvgIpc) is 2.33. The molecule has 1 rings (SSSR count). The highest BCUT2D eigenvalue weighted by molar-refractivity contribution is 5.88. The minimum Gasteiger partial charge on any atom is -0.480 e. The summed E-state index contributed by atoms with van der Waals surface area (Å²) in [5, 5.41) is 11.7. The van der Waals surface area contributed by atoms with E-state index < -0.39 is 23.3 Å². The minimum absolute atomic E-state index is 0.193. The van der Waals surface area contributed by atoms with Crippen molar-refractivity contribution in [2.24, 2.45) is 11.1 Å². The highest BCUT2D eigenvalue weighted by atomic mass is 16.4. The van der Waals surface area contributed by atoms with Gasteiger partial charge >= 0.3 is 5.97 Å². The van der Waals surface area contributed by atoms with Gasteiger partial charge in [0.05, 0.1) is 13.1 Å². The van der Waals surface area contributed by atoms with E-state index in [0.717, 1.165) is 12.8 Å². The second-order valence-corrected chi connectivity index (χ2v) is 5.40. The Bertz CT molecular complexity index is 381. The van der Waals surface area contributed by atoms with Crippen molar-refractivity contribution >= 4 is 17.8 Å². The van der Waals surface area contributed by atoms with Crippen molar-refractivity contribution < 1.29 is 19.5 Å². The van der Waals surface area contributed by atoms with Crippen molar-refractivity contribution in [2.75, 3.05) is 19.6 Å². The Morgan fingerprint density at radius 2 is 2.05 bits per heavy atom. The van der Waals surface area contributed by atoms with Gasteiger partial charge in [-0.3, -0.25) is 9.59 Å². The molecule has 1 heterocycles. The number of nitrogens with two attached hydrogens (primary N) is 1. The summed E-state index contributed by atoms with van der Waals surface area (Å²) in [6, 6.07) is -0.858. The van der Waals surface area contributed by atoms with Crippen LogP contribution in [0.2, 0.25) is 0 Å². The van der Waals surface area contributed by atoms with Gasteiger partial charge in [-0.2, -0.15) is 0 Å². The third-order valence-electron chi connectivity index (χ3n) is 3.45. The van der Waals surface area contributed by atoms with Crippen LogP contribution in [0, 0.1) is 5.41 Å². The molecular weight excluding hydrogens is 250 g/mol. The lowest BCUT2D eigenvalue weighted by atomic mass is 9.76. The number of amides is 2. The van der Waals surface area contributed by atoms with Crippen LogP contribution in [0.4, 0.5) is 0 Å². The number of carboxylic acid groups (broad SMARTS) is 1. The van der Waals surface area contributed by atoms with Gasteiger partial charge in [0.15, 0.2) is 0 Å². The van der Waals surface area contributed by atoms with E-state index in [1.54, 1.807) is 0 Å². The molecule has 1 aliphatic rings. The molecule has 1 aliphatic heterocycles. The van der Waals surface area contributed by atoms with Crippen molar-refractivity contribution in [3.05, 3.63) is 0 Å². The highest BCUT2D eigenvalue weighted by Gasteiger charge is 2.44. The number of hydrogen-bond donors (Lipinski definition) is 3. The number of hydrogen-bond acceptors (Lipinski definition) is 4. The molecule has 0 aromatic rings.